The zero-order valence-electron chi connectivity index (χ0n) is 11.5. The highest BCUT2D eigenvalue weighted by molar-refractivity contribution is 9.10. The molecule has 0 saturated heterocycles. The predicted molar refractivity (Wildman–Crippen MR) is 81.8 cm³/mol. The van der Waals surface area contributed by atoms with E-state index >= 15 is 0 Å². The summed E-state index contributed by atoms with van der Waals surface area (Å²) in [6.07, 6.45) is 7.10. The van der Waals surface area contributed by atoms with Gasteiger partial charge in [0, 0.05) is 17.1 Å². The minimum atomic E-state index is 0.644. The lowest BCUT2D eigenvalue weighted by molar-refractivity contribution is 0.280. The van der Waals surface area contributed by atoms with Crippen LogP contribution >= 0.6 is 15.9 Å². The number of hydrogen-bond donors (Lipinski definition) is 1. The Balaban J connectivity index is 1.84. The van der Waals surface area contributed by atoms with E-state index in [0.29, 0.717) is 6.04 Å². The number of rotatable bonds is 4. The molecule has 1 aromatic carbocycles. The Labute approximate surface area is 119 Å². The monoisotopic (exact) mass is 309 g/mol. The molecule has 1 nitrogen and oxygen atoms in total. The largest absolute Gasteiger partial charge is 0.310 e. The van der Waals surface area contributed by atoms with Crippen molar-refractivity contribution in [2.45, 2.75) is 58.5 Å². The maximum atomic E-state index is 3.69. The van der Waals surface area contributed by atoms with Crippen LogP contribution in [0.4, 0.5) is 0 Å². The zero-order chi connectivity index (χ0) is 13.0. The van der Waals surface area contributed by atoms with Crippen LogP contribution in [0, 0.1) is 12.8 Å². The average Bonchev–Trinajstić information content (AvgIpc) is 2.41. The first-order valence-electron chi connectivity index (χ1n) is 7.15. The molecule has 1 aliphatic rings. The summed E-state index contributed by atoms with van der Waals surface area (Å²) < 4.78 is 1.21. The first kappa shape index (κ1) is 14.1. The molecule has 1 N–H and O–H groups in total. The van der Waals surface area contributed by atoms with Crippen molar-refractivity contribution in [3.63, 3.8) is 0 Å². The molecule has 0 amide bonds. The van der Waals surface area contributed by atoms with Gasteiger partial charge in [-0.3, -0.25) is 0 Å². The van der Waals surface area contributed by atoms with Gasteiger partial charge in [0.1, 0.15) is 0 Å². The molecule has 1 aromatic rings. The second kappa shape index (κ2) is 6.72. The number of halogens is 1. The number of benzene rings is 1. The fraction of sp³-hybridized carbons (Fsp3) is 0.625. The van der Waals surface area contributed by atoms with Crippen LogP contribution in [-0.4, -0.2) is 6.04 Å². The Morgan fingerprint density at radius 3 is 2.67 bits per heavy atom. The van der Waals surface area contributed by atoms with E-state index in [-0.39, 0.29) is 0 Å². The minimum absolute atomic E-state index is 0.644. The first-order valence-corrected chi connectivity index (χ1v) is 7.94. The standard InChI is InChI=1S/C16H24BrN/c1-12-8-9-14(10-16(12)17)11-18-13(2)15-6-4-3-5-7-15/h8-10,13,15,18H,3-7,11H2,1-2H3/t13-/m0/s1. The van der Waals surface area contributed by atoms with Crippen LogP contribution in [0.5, 0.6) is 0 Å². The number of aryl methyl sites for hydroxylation is 1. The lowest BCUT2D eigenvalue weighted by Crippen LogP contribution is -2.34. The Kier molecular flexibility index (Phi) is 5.25. The molecule has 0 spiro atoms. The lowest BCUT2D eigenvalue weighted by atomic mass is 9.84. The molecule has 0 heterocycles. The Hall–Kier alpha value is -0.340. The molecule has 1 fully saturated rings. The van der Waals surface area contributed by atoms with Crippen molar-refractivity contribution >= 4 is 15.9 Å². The molecule has 0 radical (unpaired) electrons. The van der Waals surface area contributed by atoms with E-state index in [2.05, 4.69) is 53.3 Å². The molecule has 1 atom stereocenters. The number of hydrogen-bond acceptors (Lipinski definition) is 1. The van der Waals surface area contributed by atoms with Gasteiger partial charge in [-0.15, -0.1) is 0 Å². The van der Waals surface area contributed by atoms with Crippen LogP contribution in [0.3, 0.4) is 0 Å². The zero-order valence-corrected chi connectivity index (χ0v) is 13.1. The van der Waals surface area contributed by atoms with E-state index in [1.807, 2.05) is 0 Å². The summed E-state index contributed by atoms with van der Waals surface area (Å²) in [7, 11) is 0. The van der Waals surface area contributed by atoms with Crippen molar-refractivity contribution in [1.82, 2.24) is 5.32 Å². The molecule has 100 valence electrons. The van der Waals surface area contributed by atoms with Gasteiger partial charge in [0.15, 0.2) is 0 Å². The van der Waals surface area contributed by atoms with E-state index in [1.165, 1.54) is 47.7 Å². The molecule has 1 aliphatic carbocycles. The third-order valence-corrected chi connectivity index (χ3v) is 5.08. The minimum Gasteiger partial charge on any atom is -0.310 e. The SMILES string of the molecule is Cc1ccc(CN[C@@H](C)C2CCCCC2)cc1Br. The van der Waals surface area contributed by atoms with E-state index in [1.54, 1.807) is 0 Å². The molecule has 1 saturated carbocycles. The fourth-order valence-electron chi connectivity index (χ4n) is 2.83. The number of nitrogens with one attached hydrogen (secondary N) is 1. The van der Waals surface area contributed by atoms with Crippen molar-refractivity contribution in [3.8, 4) is 0 Å². The highest BCUT2D eigenvalue weighted by Gasteiger charge is 2.19. The van der Waals surface area contributed by atoms with Gasteiger partial charge in [-0.25, -0.2) is 0 Å². The van der Waals surface area contributed by atoms with E-state index in [4.69, 9.17) is 0 Å². The van der Waals surface area contributed by atoms with E-state index in [9.17, 15) is 0 Å². The smallest absolute Gasteiger partial charge is 0.0208 e. The molecular weight excluding hydrogens is 286 g/mol. The molecular formula is C16H24BrN. The molecule has 0 unspecified atom stereocenters. The van der Waals surface area contributed by atoms with Gasteiger partial charge in [0.25, 0.3) is 0 Å². The summed E-state index contributed by atoms with van der Waals surface area (Å²) in [4.78, 5) is 0. The third-order valence-electron chi connectivity index (χ3n) is 4.22. The summed E-state index contributed by atoms with van der Waals surface area (Å²) in [5.41, 5.74) is 2.68. The van der Waals surface area contributed by atoms with Crippen molar-refractivity contribution in [2.75, 3.05) is 0 Å². The van der Waals surface area contributed by atoms with Crippen LogP contribution in [0.2, 0.25) is 0 Å². The van der Waals surface area contributed by atoms with Crippen molar-refractivity contribution in [3.05, 3.63) is 33.8 Å². The normalized spacial score (nSPS) is 18.8. The highest BCUT2D eigenvalue weighted by atomic mass is 79.9. The van der Waals surface area contributed by atoms with Gasteiger partial charge in [0.05, 0.1) is 0 Å². The van der Waals surface area contributed by atoms with Crippen molar-refractivity contribution < 1.29 is 0 Å². The summed E-state index contributed by atoms with van der Waals surface area (Å²) in [5.74, 6) is 0.882. The predicted octanol–water partition coefficient (Wildman–Crippen LogP) is 4.82. The Bertz CT molecular complexity index is 383. The Morgan fingerprint density at radius 2 is 2.00 bits per heavy atom. The summed E-state index contributed by atoms with van der Waals surface area (Å²) in [6, 6.07) is 7.29. The van der Waals surface area contributed by atoms with Crippen LogP contribution < -0.4 is 5.32 Å². The van der Waals surface area contributed by atoms with Crippen LogP contribution in [0.15, 0.2) is 22.7 Å². The second-order valence-corrected chi connectivity index (χ2v) is 6.51. The van der Waals surface area contributed by atoms with Crippen molar-refractivity contribution in [1.29, 1.82) is 0 Å². The van der Waals surface area contributed by atoms with Gasteiger partial charge in [0.2, 0.25) is 0 Å². The van der Waals surface area contributed by atoms with Gasteiger partial charge in [-0.05, 0) is 49.8 Å². The molecule has 18 heavy (non-hydrogen) atoms. The maximum absolute atomic E-state index is 3.69. The third kappa shape index (κ3) is 3.83. The summed E-state index contributed by atoms with van der Waals surface area (Å²) >= 11 is 3.60. The van der Waals surface area contributed by atoms with Gasteiger partial charge < -0.3 is 5.32 Å². The van der Waals surface area contributed by atoms with Crippen LogP contribution in [0.25, 0.3) is 0 Å². The topological polar surface area (TPSA) is 12.0 Å². The van der Waals surface area contributed by atoms with Crippen molar-refractivity contribution in [2.24, 2.45) is 5.92 Å². The first-order chi connectivity index (χ1) is 8.66. The summed E-state index contributed by atoms with van der Waals surface area (Å²) in [5, 5.41) is 3.69. The van der Waals surface area contributed by atoms with E-state index in [0.717, 1.165) is 12.5 Å². The maximum Gasteiger partial charge on any atom is 0.0208 e. The van der Waals surface area contributed by atoms with Crippen LogP contribution in [-0.2, 0) is 6.54 Å². The molecule has 0 aliphatic heterocycles. The van der Waals surface area contributed by atoms with Gasteiger partial charge in [-0.2, -0.15) is 0 Å². The molecule has 2 heteroatoms. The second-order valence-electron chi connectivity index (χ2n) is 5.65. The fourth-order valence-corrected chi connectivity index (χ4v) is 3.25. The molecule has 2 rings (SSSR count). The molecule has 0 bridgehead atoms. The van der Waals surface area contributed by atoms with Crippen LogP contribution in [0.1, 0.15) is 50.2 Å². The quantitative estimate of drug-likeness (QED) is 0.841. The van der Waals surface area contributed by atoms with E-state index < -0.39 is 0 Å². The van der Waals surface area contributed by atoms with Gasteiger partial charge >= 0.3 is 0 Å². The summed E-state index contributed by atoms with van der Waals surface area (Å²) in [6.45, 7) is 5.46. The Morgan fingerprint density at radius 1 is 1.28 bits per heavy atom. The highest BCUT2D eigenvalue weighted by Crippen LogP contribution is 2.26. The molecule has 0 aromatic heterocycles. The lowest BCUT2D eigenvalue weighted by Gasteiger charge is -2.28. The van der Waals surface area contributed by atoms with Gasteiger partial charge in [-0.1, -0.05) is 47.3 Å². The average molecular weight is 310 g/mol.